The molecule has 4 aliphatic carbocycles. The fraction of sp³-hybridized carbons (Fsp3) is 0.600. The van der Waals surface area contributed by atoms with E-state index >= 15 is 0 Å². The lowest BCUT2D eigenvalue weighted by atomic mass is 9.53. The number of benzene rings is 1. The number of urea groups is 1. The number of likely N-dealkylation sites (tertiary alicyclic amines) is 2. The van der Waals surface area contributed by atoms with Crippen molar-refractivity contribution in [3.8, 4) is 5.69 Å². The zero-order valence-electron chi connectivity index (χ0n) is 21.2. The molecule has 2 saturated heterocycles. The highest BCUT2D eigenvalue weighted by molar-refractivity contribution is 5.97. The highest BCUT2D eigenvalue weighted by Gasteiger charge is 2.52. The zero-order chi connectivity index (χ0) is 24.3. The second kappa shape index (κ2) is 8.39. The standard InChI is InChI=1S/C30H38N4O2/c35-27(25-5-1-2-6-26(25)32-10-3-4-11-32)33-12-7-29(8-13-33)9-14-34(21-29)28(36)31-30-18-22-15-23(19-30)17-24(16-22)20-30/h1-6,10-11,22-24H,7-9,12-21H2,(H,31,36). The summed E-state index contributed by atoms with van der Waals surface area (Å²) in [6.45, 7) is 3.22. The van der Waals surface area contributed by atoms with Gasteiger partial charge in [0.1, 0.15) is 0 Å². The largest absolute Gasteiger partial charge is 0.339 e. The van der Waals surface area contributed by atoms with E-state index in [1.54, 1.807) is 0 Å². The van der Waals surface area contributed by atoms with Crippen LogP contribution in [0.15, 0.2) is 48.8 Å². The number of para-hydroxylation sites is 1. The Balaban J connectivity index is 0.981. The first-order chi connectivity index (χ1) is 17.5. The summed E-state index contributed by atoms with van der Waals surface area (Å²) in [5.41, 5.74) is 1.92. The Morgan fingerprint density at radius 2 is 1.36 bits per heavy atom. The molecule has 190 valence electrons. The number of aromatic nitrogens is 1. The molecule has 0 atom stereocenters. The minimum absolute atomic E-state index is 0.0739. The molecule has 6 fully saturated rings. The third kappa shape index (κ3) is 3.84. The summed E-state index contributed by atoms with van der Waals surface area (Å²) in [7, 11) is 0. The Morgan fingerprint density at radius 3 is 2.00 bits per heavy atom. The molecule has 36 heavy (non-hydrogen) atoms. The molecule has 4 bridgehead atoms. The molecule has 3 heterocycles. The van der Waals surface area contributed by atoms with Crippen LogP contribution in [0.1, 0.15) is 68.1 Å². The number of nitrogens with one attached hydrogen (secondary N) is 1. The van der Waals surface area contributed by atoms with Crippen LogP contribution in [0.25, 0.3) is 5.69 Å². The van der Waals surface area contributed by atoms with Crippen molar-refractivity contribution in [2.24, 2.45) is 23.2 Å². The van der Waals surface area contributed by atoms with Gasteiger partial charge in [0.05, 0.1) is 11.3 Å². The molecule has 4 saturated carbocycles. The van der Waals surface area contributed by atoms with Gasteiger partial charge in [0.25, 0.3) is 5.91 Å². The summed E-state index contributed by atoms with van der Waals surface area (Å²) in [6.07, 6.45) is 14.8. The number of rotatable bonds is 3. The van der Waals surface area contributed by atoms with Crippen molar-refractivity contribution in [1.29, 1.82) is 0 Å². The van der Waals surface area contributed by atoms with Crippen molar-refractivity contribution in [1.82, 2.24) is 19.7 Å². The molecule has 1 aromatic carbocycles. The van der Waals surface area contributed by atoms with Crippen LogP contribution in [0.3, 0.4) is 0 Å². The van der Waals surface area contributed by atoms with E-state index in [2.05, 4.69) is 10.2 Å². The van der Waals surface area contributed by atoms with E-state index in [9.17, 15) is 9.59 Å². The van der Waals surface area contributed by atoms with Crippen molar-refractivity contribution in [2.45, 2.75) is 63.3 Å². The molecule has 6 nitrogen and oxygen atoms in total. The monoisotopic (exact) mass is 486 g/mol. The van der Waals surface area contributed by atoms with E-state index in [0.717, 1.165) is 74.4 Å². The molecule has 0 radical (unpaired) electrons. The smallest absolute Gasteiger partial charge is 0.317 e. The van der Waals surface area contributed by atoms with Crippen LogP contribution in [-0.2, 0) is 0 Å². The molecular weight excluding hydrogens is 448 g/mol. The maximum absolute atomic E-state index is 13.5. The average molecular weight is 487 g/mol. The lowest BCUT2D eigenvalue weighted by Gasteiger charge is -2.57. The first-order valence-electron chi connectivity index (χ1n) is 14.1. The lowest BCUT2D eigenvalue weighted by molar-refractivity contribution is -0.0156. The van der Waals surface area contributed by atoms with Crippen LogP contribution in [0.4, 0.5) is 4.79 Å². The van der Waals surface area contributed by atoms with Gasteiger partial charge in [-0.15, -0.1) is 0 Å². The van der Waals surface area contributed by atoms with Crippen LogP contribution in [-0.4, -0.2) is 58.0 Å². The van der Waals surface area contributed by atoms with Gasteiger partial charge < -0.3 is 19.7 Å². The second-order valence-corrected chi connectivity index (χ2v) is 12.7. The normalized spacial score (nSPS) is 32.3. The first-order valence-corrected chi connectivity index (χ1v) is 14.1. The molecule has 1 N–H and O–H groups in total. The molecule has 3 amide bonds. The van der Waals surface area contributed by atoms with E-state index in [4.69, 9.17) is 0 Å². The van der Waals surface area contributed by atoms with Crippen LogP contribution in [0.2, 0.25) is 0 Å². The van der Waals surface area contributed by atoms with Gasteiger partial charge in [-0.1, -0.05) is 12.1 Å². The highest BCUT2D eigenvalue weighted by Crippen LogP contribution is 2.55. The van der Waals surface area contributed by atoms with E-state index in [0.29, 0.717) is 0 Å². The topological polar surface area (TPSA) is 57.6 Å². The highest BCUT2D eigenvalue weighted by atomic mass is 16.2. The van der Waals surface area contributed by atoms with Crippen LogP contribution < -0.4 is 5.32 Å². The number of nitrogens with zero attached hydrogens (tertiary/aromatic N) is 3. The number of amides is 3. The minimum Gasteiger partial charge on any atom is -0.339 e. The van der Waals surface area contributed by atoms with Gasteiger partial charge >= 0.3 is 6.03 Å². The lowest BCUT2D eigenvalue weighted by Crippen LogP contribution is -2.61. The number of piperidine rings is 1. The molecule has 1 aromatic heterocycles. The second-order valence-electron chi connectivity index (χ2n) is 12.7. The summed E-state index contributed by atoms with van der Waals surface area (Å²) in [4.78, 5) is 31.0. The maximum atomic E-state index is 13.5. The van der Waals surface area contributed by atoms with Gasteiger partial charge in [0, 0.05) is 44.1 Å². The summed E-state index contributed by atoms with van der Waals surface area (Å²) in [6, 6.07) is 12.0. The third-order valence-corrected chi connectivity index (χ3v) is 10.3. The molecule has 6 aliphatic rings. The van der Waals surface area contributed by atoms with E-state index in [-0.39, 0.29) is 22.9 Å². The van der Waals surface area contributed by atoms with Gasteiger partial charge in [-0.25, -0.2) is 4.79 Å². The summed E-state index contributed by atoms with van der Waals surface area (Å²) < 4.78 is 2.01. The van der Waals surface area contributed by atoms with Crippen molar-refractivity contribution in [3.05, 3.63) is 54.4 Å². The quantitative estimate of drug-likeness (QED) is 0.658. The fourth-order valence-corrected chi connectivity index (χ4v) is 8.82. The number of hydrogen-bond donors (Lipinski definition) is 1. The Bertz CT molecular complexity index is 1110. The van der Waals surface area contributed by atoms with Crippen LogP contribution in [0.5, 0.6) is 0 Å². The van der Waals surface area contributed by atoms with Gasteiger partial charge in [-0.3, -0.25) is 4.79 Å². The SMILES string of the molecule is O=C(NC12CC3CC(CC(C3)C1)C2)N1CCC2(CCN(C(=O)c3ccccc3-n3cccc3)CC2)C1. The number of carbonyl (C=O) groups excluding carboxylic acids is 2. The molecule has 6 heteroatoms. The van der Waals surface area contributed by atoms with Gasteiger partial charge in [0.2, 0.25) is 0 Å². The molecule has 2 aliphatic heterocycles. The van der Waals surface area contributed by atoms with Crippen molar-refractivity contribution in [3.63, 3.8) is 0 Å². The van der Waals surface area contributed by atoms with Gasteiger partial charge in [-0.2, -0.15) is 0 Å². The average Bonchev–Trinajstić information content (AvgIpc) is 3.54. The van der Waals surface area contributed by atoms with E-state index in [1.807, 2.05) is 58.3 Å². The minimum atomic E-state index is 0.0739. The number of hydrogen-bond acceptors (Lipinski definition) is 2. The van der Waals surface area contributed by atoms with Crippen LogP contribution in [0, 0.1) is 23.2 Å². The Labute approximate surface area is 214 Å². The van der Waals surface area contributed by atoms with Gasteiger partial charge in [-0.05, 0) is 105 Å². The molecule has 1 spiro atoms. The van der Waals surface area contributed by atoms with Crippen molar-refractivity contribution < 1.29 is 9.59 Å². The van der Waals surface area contributed by atoms with Crippen LogP contribution >= 0.6 is 0 Å². The summed E-state index contributed by atoms with van der Waals surface area (Å²) >= 11 is 0. The molecule has 2 aromatic rings. The van der Waals surface area contributed by atoms with Crippen molar-refractivity contribution >= 4 is 11.9 Å². The summed E-state index contributed by atoms with van der Waals surface area (Å²) in [5.74, 6) is 2.63. The molecule has 0 unspecified atom stereocenters. The third-order valence-electron chi connectivity index (χ3n) is 10.3. The van der Waals surface area contributed by atoms with Gasteiger partial charge in [0.15, 0.2) is 0 Å². The zero-order valence-corrected chi connectivity index (χ0v) is 21.2. The maximum Gasteiger partial charge on any atom is 0.317 e. The first kappa shape index (κ1) is 22.4. The predicted octanol–water partition coefficient (Wildman–Crippen LogP) is 5.08. The Morgan fingerprint density at radius 1 is 0.778 bits per heavy atom. The summed E-state index contributed by atoms with van der Waals surface area (Å²) in [5, 5.41) is 3.58. The van der Waals surface area contributed by atoms with E-state index in [1.165, 1.54) is 38.5 Å². The fourth-order valence-electron chi connectivity index (χ4n) is 8.82. The Kier molecular flexibility index (Phi) is 5.23. The van der Waals surface area contributed by atoms with Crippen molar-refractivity contribution in [2.75, 3.05) is 26.2 Å². The molecule has 8 rings (SSSR count). The Hall–Kier alpha value is -2.76. The van der Waals surface area contributed by atoms with E-state index < -0.39 is 0 Å². The molecular formula is C30H38N4O2. The number of carbonyl (C=O) groups is 2. The predicted molar refractivity (Wildman–Crippen MR) is 139 cm³/mol.